The molecular weight excluding hydrogens is 450 g/mol. The topological polar surface area (TPSA) is 56.8 Å². The van der Waals surface area contributed by atoms with E-state index in [0.29, 0.717) is 12.1 Å². The number of fused-ring (bicyclic) bond motifs is 2. The summed E-state index contributed by atoms with van der Waals surface area (Å²) in [6, 6.07) is 28.7. The van der Waals surface area contributed by atoms with Crippen molar-refractivity contribution in [3.8, 4) is 11.5 Å². The van der Waals surface area contributed by atoms with Crippen LogP contribution in [0.5, 0.6) is 11.5 Å². The van der Waals surface area contributed by atoms with Gasteiger partial charge in [-0.25, -0.2) is 4.79 Å². The number of ether oxygens (including phenoxy) is 3. The zero-order valence-corrected chi connectivity index (χ0v) is 20.9. The molecule has 0 saturated carbocycles. The predicted molar refractivity (Wildman–Crippen MR) is 142 cm³/mol. The molecule has 0 saturated heterocycles. The van der Waals surface area contributed by atoms with Crippen LogP contribution in [-0.4, -0.2) is 32.8 Å². The molecule has 5 heteroatoms. The number of carbonyl (C=O) groups is 1. The zero-order valence-electron chi connectivity index (χ0n) is 20.9. The lowest BCUT2D eigenvalue weighted by molar-refractivity contribution is 0.0600. The van der Waals surface area contributed by atoms with Crippen LogP contribution in [0.15, 0.2) is 84.9 Å². The van der Waals surface area contributed by atoms with Crippen LogP contribution in [-0.2, 0) is 4.74 Å². The summed E-state index contributed by atoms with van der Waals surface area (Å²) in [5.74, 6) is 1.28. The molecule has 36 heavy (non-hydrogen) atoms. The van der Waals surface area contributed by atoms with Gasteiger partial charge in [-0.05, 0) is 53.9 Å². The molecule has 0 fully saturated rings. The minimum atomic E-state index is -0.360. The van der Waals surface area contributed by atoms with Gasteiger partial charge in [0.15, 0.2) is 0 Å². The average molecular weight is 482 g/mol. The molecule has 4 aromatic rings. The molecule has 1 heterocycles. The molecule has 5 nitrogen and oxygen atoms in total. The van der Waals surface area contributed by atoms with E-state index in [2.05, 4.69) is 60.8 Å². The van der Waals surface area contributed by atoms with Gasteiger partial charge in [0.1, 0.15) is 17.6 Å². The van der Waals surface area contributed by atoms with Crippen LogP contribution in [0, 0.1) is 0 Å². The van der Waals surface area contributed by atoms with E-state index in [9.17, 15) is 4.79 Å². The molecule has 0 aromatic heterocycles. The lowest BCUT2D eigenvalue weighted by atomic mass is 9.83. The quantitative estimate of drug-likeness (QED) is 0.315. The maximum absolute atomic E-state index is 12.3. The number of carbonyl (C=O) groups excluding carboxylic acids is 1. The van der Waals surface area contributed by atoms with E-state index in [0.717, 1.165) is 29.0 Å². The summed E-state index contributed by atoms with van der Waals surface area (Å²) in [7, 11) is 3.06. The highest BCUT2D eigenvalue weighted by Gasteiger charge is 2.32. The van der Waals surface area contributed by atoms with Gasteiger partial charge in [0.05, 0.1) is 19.8 Å². The van der Waals surface area contributed by atoms with E-state index in [1.165, 1.54) is 23.4 Å². The lowest BCUT2D eigenvalue weighted by Gasteiger charge is -2.34. The lowest BCUT2D eigenvalue weighted by Crippen LogP contribution is -2.37. The molecular formula is C31H31NO4. The molecule has 0 spiro atoms. The van der Waals surface area contributed by atoms with Gasteiger partial charge in [0, 0.05) is 29.6 Å². The van der Waals surface area contributed by atoms with Crippen molar-refractivity contribution in [1.82, 2.24) is 5.32 Å². The van der Waals surface area contributed by atoms with Crippen molar-refractivity contribution >= 4 is 16.7 Å². The molecule has 1 N–H and O–H groups in total. The van der Waals surface area contributed by atoms with Gasteiger partial charge in [-0.2, -0.15) is 0 Å². The van der Waals surface area contributed by atoms with Crippen LogP contribution in [0.2, 0.25) is 0 Å². The van der Waals surface area contributed by atoms with Gasteiger partial charge in [-0.15, -0.1) is 0 Å². The highest BCUT2D eigenvalue weighted by atomic mass is 16.5. The third-order valence-corrected chi connectivity index (χ3v) is 7.05. The van der Waals surface area contributed by atoms with Crippen molar-refractivity contribution in [1.29, 1.82) is 0 Å². The van der Waals surface area contributed by atoms with Crippen molar-refractivity contribution in [2.24, 2.45) is 0 Å². The summed E-state index contributed by atoms with van der Waals surface area (Å²) in [6.07, 6.45) is 0.710. The van der Waals surface area contributed by atoms with E-state index in [1.807, 2.05) is 30.3 Å². The second kappa shape index (κ2) is 10.4. The van der Waals surface area contributed by atoms with Crippen LogP contribution in [0.3, 0.4) is 0 Å². The number of methoxy groups -OCH3 is 2. The average Bonchev–Trinajstić information content (AvgIpc) is 2.94. The molecule has 0 radical (unpaired) electrons. The maximum Gasteiger partial charge on any atom is 0.337 e. The Labute approximate surface area is 212 Å². The summed E-state index contributed by atoms with van der Waals surface area (Å²) in [5.41, 5.74) is 3.84. The molecule has 1 aliphatic rings. The van der Waals surface area contributed by atoms with Gasteiger partial charge in [0.2, 0.25) is 0 Å². The first-order chi connectivity index (χ1) is 17.6. The maximum atomic E-state index is 12.3. The fraction of sp³-hybridized carbons (Fsp3) is 0.258. The summed E-state index contributed by atoms with van der Waals surface area (Å²) in [4.78, 5) is 12.3. The Bertz CT molecular complexity index is 1380. The van der Waals surface area contributed by atoms with Crippen molar-refractivity contribution in [3.63, 3.8) is 0 Å². The normalized spacial score (nSPS) is 17.6. The first-order valence-corrected chi connectivity index (χ1v) is 12.3. The predicted octanol–water partition coefficient (Wildman–Crippen LogP) is 6.27. The molecule has 0 aliphatic carbocycles. The SMILES string of the molecule is COC(=O)c1ccc(OC)c([C@@H]2C[C@H](CN[C@H](C)c3cccc4ccccc34)Oc3ccccc32)c1. The van der Waals surface area contributed by atoms with Crippen LogP contribution in [0.4, 0.5) is 0 Å². The Morgan fingerprint density at radius 2 is 1.75 bits per heavy atom. The molecule has 3 atom stereocenters. The Hall–Kier alpha value is -3.83. The Morgan fingerprint density at radius 1 is 0.972 bits per heavy atom. The fourth-order valence-corrected chi connectivity index (χ4v) is 5.21. The van der Waals surface area contributed by atoms with Crippen LogP contribution in [0.1, 0.15) is 52.4 Å². The molecule has 0 bridgehead atoms. The van der Waals surface area contributed by atoms with Crippen LogP contribution < -0.4 is 14.8 Å². The van der Waals surface area contributed by atoms with Gasteiger partial charge >= 0.3 is 5.97 Å². The standard InChI is InChI=1S/C31H31NO4/c1-20(24-13-8-10-21-9-4-5-11-25(21)24)32-19-23-18-27(26-12-6-7-14-30(26)36-23)28-17-22(31(33)35-3)15-16-29(28)34-2/h4-17,20,23,27,32H,18-19H2,1-3H3/t20-,23-,27-/m1/s1. The van der Waals surface area contributed by atoms with E-state index in [1.54, 1.807) is 13.2 Å². The number of hydrogen-bond donors (Lipinski definition) is 1. The number of nitrogens with one attached hydrogen (secondary N) is 1. The molecule has 1 aliphatic heterocycles. The Morgan fingerprint density at radius 3 is 2.58 bits per heavy atom. The third kappa shape index (κ3) is 4.67. The van der Waals surface area contributed by atoms with E-state index in [4.69, 9.17) is 14.2 Å². The first-order valence-electron chi connectivity index (χ1n) is 12.3. The number of esters is 1. The molecule has 5 rings (SSSR count). The molecule has 184 valence electrons. The largest absolute Gasteiger partial charge is 0.496 e. The molecule has 0 amide bonds. The number of para-hydroxylation sites is 1. The van der Waals surface area contributed by atoms with E-state index >= 15 is 0 Å². The Kier molecular flexibility index (Phi) is 6.92. The number of rotatable bonds is 7. The minimum Gasteiger partial charge on any atom is -0.496 e. The van der Waals surface area contributed by atoms with Gasteiger partial charge in [-0.1, -0.05) is 60.7 Å². The summed E-state index contributed by atoms with van der Waals surface area (Å²) >= 11 is 0. The van der Waals surface area contributed by atoms with Gasteiger partial charge in [0.25, 0.3) is 0 Å². The summed E-state index contributed by atoms with van der Waals surface area (Å²) in [6.45, 7) is 2.88. The van der Waals surface area contributed by atoms with Crippen molar-refractivity contribution < 1.29 is 19.0 Å². The Balaban J connectivity index is 1.42. The molecule has 0 unspecified atom stereocenters. The highest BCUT2D eigenvalue weighted by molar-refractivity contribution is 5.90. The van der Waals surface area contributed by atoms with E-state index in [-0.39, 0.29) is 24.0 Å². The number of hydrogen-bond acceptors (Lipinski definition) is 5. The van der Waals surface area contributed by atoms with Gasteiger partial charge < -0.3 is 19.5 Å². The molecule has 4 aromatic carbocycles. The van der Waals surface area contributed by atoms with Crippen LogP contribution >= 0.6 is 0 Å². The van der Waals surface area contributed by atoms with Crippen molar-refractivity contribution in [2.45, 2.75) is 31.4 Å². The zero-order chi connectivity index (χ0) is 25.1. The number of benzene rings is 4. The smallest absolute Gasteiger partial charge is 0.337 e. The van der Waals surface area contributed by atoms with Crippen molar-refractivity contribution in [2.75, 3.05) is 20.8 Å². The van der Waals surface area contributed by atoms with Crippen molar-refractivity contribution in [3.05, 3.63) is 107 Å². The highest BCUT2D eigenvalue weighted by Crippen LogP contribution is 2.43. The summed E-state index contributed by atoms with van der Waals surface area (Å²) in [5, 5.41) is 6.20. The van der Waals surface area contributed by atoms with Crippen LogP contribution in [0.25, 0.3) is 10.8 Å². The summed E-state index contributed by atoms with van der Waals surface area (Å²) < 4.78 is 17.1. The fourth-order valence-electron chi connectivity index (χ4n) is 5.21. The van der Waals surface area contributed by atoms with Gasteiger partial charge in [-0.3, -0.25) is 0 Å². The minimum absolute atomic E-state index is 0.0224. The second-order valence-corrected chi connectivity index (χ2v) is 9.21. The first kappa shape index (κ1) is 23.9. The third-order valence-electron chi connectivity index (χ3n) is 7.05. The second-order valence-electron chi connectivity index (χ2n) is 9.21. The monoisotopic (exact) mass is 481 g/mol. The van der Waals surface area contributed by atoms with E-state index < -0.39 is 0 Å².